The predicted molar refractivity (Wildman–Crippen MR) is 70.5 cm³/mol. The number of carbonyl (C=O) groups is 1. The van der Waals surface area contributed by atoms with Crippen molar-refractivity contribution >= 4 is 33.1 Å². The third kappa shape index (κ3) is 4.19. The van der Waals surface area contributed by atoms with Gasteiger partial charge in [0.05, 0.1) is 22.0 Å². The van der Waals surface area contributed by atoms with Gasteiger partial charge in [-0.05, 0) is 18.2 Å². The first kappa shape index (κ1) is 14.8. The van der Waals surface area contributed by atoms with E-state index in [2.05, 4.69) is 0 Å². The number of esters is 1. The third-order valence-corrected chi connectivity index (χ3v) is 4.30. The fourth-order valence-corrected chi connectivity index (χ4v) is 1.95. The van der Waals surface area contributed by atoms with Crippen molar-refractivity contribution in [2.45, 2.75) is 6.92 Å². The van der Waals surface area contributed by atoms with E-state index in [4.69, 9.17) is 22.1 Å². The highest BCUT2D eigenvalue weighted by Gasteiger charge is 2.12. The minimum atomic E-state index is -3.14. The lowest BCUT2D eigenvalue weighted by Gasteiger charge is -2.06. The maximum Gasteiger partial charge on any atom is 0.338 e. The van der Waals surface area contributed by atoms with E-state index in [1.165, 1.54) is 25.1 Å². The summed E-state index contributed by atoms with van der Waals surface area (Å²) in [6.07, 6.45) is 0. The van der Waals surface area contributed by atoms with Crippen LogP contribution in [0.25, 0.3) is 0 Å². The van der Waals surface area contributed by atoms with E-state index in [0.29, 0.717) is 5.69 Å². The van der Waals surface area contributed by atoms with Crippen LogP contribution in [0.4, 0.5) is 5.69 Å². The van der Waals surface area contributed by atoms with Crippen molar-refractivity contribution < 1.29 is 17.9 Å². The standard InChI is InChI=1S/C11H14ClNO4S/c1-2-18(15,16)6-5-17-11(14)8-3-4-10(13)9(12)7-8/h3-4,7H,2,5-6,13H2,1H3. The van der Waals surface area contributed by atoms with Crippen LogP contribution in [0.3, 0.4) is 0 Å². The number of nitrogens with two attached hydrogens (primary N) is 1. The lowest BCUT2D eigenvalue weighted by Crippen LogP contribution is -2.16. The Balaban J connectivity index is 2.58. The number of hydrogen-bond acceptors (Lipinski definition) is 5. The number of carbonyl (C=O) groups excluding carboxylic acids is 1. The summed E-state index contributed by atoms with van der Waals surface area (Å²) in [6, 6.07) is 4.34. The molecule has 0 heterocycles. The van der Waals surface area contributed by atoms with Crippen LogP contribution in [-0.2, 0) is 14.6 Å². The van der Waals surface area contributed by atoms with Gasteiger partial charge in [-0.1, -0.05) is 18.5 Å². The number of halogens is 1. The highest BCUT2D eigenvalue weighted by Crippen LogP contribution is 2.20. The summed E-state index contributed by atoms with van der Waals surface area (Å²) in [5.41, 5.74) is 6.10. The Labute approximate surface area is 111 Å². The summed E-state index contributed by atoms with van der Waals surface area (Å²) in [7, 11) is -3.14. The monoisotopic (exact) mass is 291 g/mol. The van der Waals surface area contributed by atoms with Crippen molar-refractivity contribution in [3.63, 3.8) is 0 Å². The fourth-order valence-electron chi connectivity index (χ4n) is 1.14. The summed E-state index contributed by atoms with van der Waals surface area (Å²) < 4.78 is 27.2. The molecule has 1 aromatic rings. The molecule has 0 saturated heterocycles. The zero-order valence-electron chi connectivity index (χ0n) is 9.85. The van der Waals surface area contributed by atoms with Crippen molar-refractivity contribution in [2.24, 2.45) is 0 Å². The Morgan fingerprint density at radius 1 is 1.44 bits per heavy atom. The highest BCUT2D eigenvalue weighted by atomic mass is 35.5. The quantitative estimate of drug-likeness (QED) is 0.656. The van der Waals surface area contributed by atoms with Crippen LogP contribution in [0.15, 0.2) is 18.2 Å². The van der Waals surface area contributed by atoms with Crippen LogP contribution in [0.5, 0.6) is 0 Å². The van der Waals surface area contributed by atoms with Crippen LogP contribution in [0.2, 0.25) is 5.02 Å². The third-order valence-electron chi connectivity index (χ3n) is 2.30. The van der Waals surface area contributed by atoms with Crippen LogP contribution in [0.1, 0.15) is 17.3 Å². The Hall–Kier alpha value is -1.27. The van der Waals surface area contributed by atoms with Crippen LogP contribution in [-0.4, -0.2) is 32.5 Å². The molecule has 0 radical (unpaired) electrons. The van der Waals surface area contributed by atoms with Crippen molar-refractivity contribution in [1.29, 1.82) is 0 Å². The summed E-state index contributed by atoms with van der Waals surface area (Å²) in [5, 5.41) is 0.255. The van der Waals surface area contributed by atoms with E-state index < -0.39 is 15.8 Å². The second kappa shape index (κ2) is 6.06. The van der Waals surface area contributed by atoms with Crippen molar-refractivity contribution in [3.05, 3.63) is 28.8 Å². The molecule has 1 aromatic carbocycles. The minimum absolute atomic E-state index is 0.0260. The maximum absolute atomic E-state index is 11.6. The summed E-state index contributed by atoms with van der Waals surface area (Å²) in [4.78, 5) is 11.6. The van der Waals surface area contributed by atoms with E-state index in [1.807, 2.05) is 0 Å². The van der Waals surface area contributed by atoms with Gasteiger partial charge in [0, 0.05) is 5.75 Å². The van der Waals surface area contributed by atoms with E-state index in [-0.39, 0.29) is 28.7 Å². The normalized spacial score (nSPS) is 11.2. The van der Waals surface area contributed by atoms with Gasteiger partial charge in [-0.3, -0.25) is 0 Å². The molecule has 0 aliphatic heterocycles. The van der Waals surface area contributed by atoms with Crippen molar-refractivity contribution in [3.8, 4) is 0 Å². The van der Waals surface area contributed by atoms with Gasteiger partial charge in [-0.2, -0.15) is 0 Å². The number of nitrogen functional groups attached to an aromatic ring is 1. The average molecular weight is 292 g/mol. The van der Waals surface area contributed by atoms with Gasteiger partial charge < -0.3 is 10.5 Å². The second-order valence-electron chi connectivity index (χ2n) is 3.61. The van der Waals surface area contributed by atoms with E-state index >= 15 is 0 Å². The first-order valence-electron chi connectivity index (χ1n) is 5.28. The lowest BCUT2D eigenvalue weighted by atomic mass is 10.2. The smallest absolute Gasteiger partial charge is 0.338 e. The largest absolute Gasteiger partial charge is 0.461 e. The number of benzene rings is 1. The molecule has 18 heavy (non-hydrogen) atoms. The van der Waals surface area contributed by atoms with Gasteiger partial charge in [0.1, 0.15) is 6.61 Å². The Morgan fingerprint density at radius 3 is 2.67 bits per heavy atom. The number of rotatable bonds is 5. The number of sulfone groups is 1. The molecule has 0 saturated carbocycles. The van der Waals surface area contributed by atoms with Gasteiger partial charge in [-0.15, -0.1) is 0 Å². The molecular weight excluding hydrogens is 278 g/mol. The SMILES string of the molecule is CCS(=O)(=O)CCOC(=O)c1ccc(N)c(Cl)c1. The first-order valence-corrected chi connectivity index (χ1v) is 7.48. The maximum atomic E-state index is 11.6. The molecular formula is C11H14ClNO4S. The van der Waals surface area contributed by atoms with Crippen LogP contribution in [0, 0.1) is 0 Å². The first-order chi connectivity index (χ1) is 8.35. The van der Waals surface area contributed by atoms with Gasteiger partial charge in [0.15, 0.2) is 9.84 Å². The molecule has 0 aliphatic carbocycles. The topological polar surface area (TPSA) is 86.5 Å². The average Bonchev–Trinajstić information content (AvgIpc) is 2.32. The van der Waals surface area contributed by atoms with Gasteiger partial charge in [0.2, 0.25) is 0 Å². The molecule has 0 aliphatic rings. The predicted octanol–water partition coefficient (Wildman–Crippen LogP) is 1.51. The van der Waals surface area contributed by atoms with E-state index in [0.717, 1.165) is 0 Å². The lowest BCUT2D eigenvalue weighted by molar-refractivity contribution is 0.0529. The number of hydrogen-bond donors (Lipinski definition) is 1. The molecule has 0 fully saturated rings. The molecule has 7 heteroatoms. The van der Waals surface area contributed by atoms with Crippen molar-refractivity contribution in [1.82, 2.24) is 0 Å². The molecule has 0 aromatic heterocycles. The fraction of sp³-hybridized carbons (Fsp3) is 0.364. The van der Waals surface area contributed by atoms with Crippen LogP contribution < -0.4 is 5.73 Å². The van der Waals surface area contributed by atoms with Crippen molar-refractivity contribution in [2.75, 3.05) is 23.8 Å². The molecule has 5 nitrogen and oxygen atoms in total. The molecule has 2 N–H and O–H groups in total. The molecule has 0 spiro atoms. The summed E-state index contributed by atoms with van der Waals surface area (Å²) in [5.74, 6) is -0.779. The molecule has 100 valence electrons. The molecule has 0 atom stereocenters. The number of ether oxygens (including phenoxy) is 1. The molecule has 0 unspecified atom stereocenters. The zero-order valence-corrected chi connectivity index (χ0v) is 11.4. The Bertz CT molecular complexity index is 542. The minimum Gasteiger partial charge on any atom is -0.461 e. The Morgan fingerprint density at radius 2 is 2.11 bits per heavy atom. The van der Waals surface area contributed by atoms with E-state index in [9.17, 15) is 13.2 Å². The Kier molecular flexibility index (Phi) is 4.98. The zero-order chi connectivity index (χ0) is 13.8. The molecule has 1 rings (SSSR count). The molecule has 0 amide bonds. The van der Waals surface area contributed by atoms with Crippen LogP contribution >= 0.6 is 11.6 Å². The highest BCUT2D eigenvalue weighted by molar-refractivity contribution is 7.91. The van der Waals surface area contributed by atoms with Gasteiger partial charge in [0.25, 0.3) is 0 Å². The summed E-state index contributed by atoms with van der Waals surface area (Å²) in [6.45, 7) is 1.37. The number of anilines is 1. The van der Waals surface area contributed by atoms with E-state index in [1.54, 1.807) is 0 Å². The second-order valence-corrected chi connectivity index (χ2v) is 6.49. The van der Waals surface area contributed by atoms with Gasteiger partial charge in [-0.25, -0.2) is 13.2 Å². The molecule has 0 bridgehead atoms. The van der Waals surface area contributed by atoms with Gasteiger partial charge >= 0.3 is 5.97 Å². The summed E-state index contributed by atoms with van der Waals surface area (Å²) >= 11 is 5.76.